The molecule has 0 radical (unpaired) electrons. The van der Waals surface area contributed by atoms with Gasteiger partial charge in [0.2, 0.25) is 5.95 Å². The number of nitrogen functional groups attached to an aromatic ring is 1. The van der Waals surface area contributed by atoms with Gasteiger partial charge in [0.1, 0.15) is 5.52 Å². The number of carbonyl (C=O) groups excluding carboxylic acids is 1. The normalized spacial score (nSPS) is 17.5. The summed E-state index contributed by atoms with van der Waals surface area (Å²) in [4.78, 5) is 30.4. The third-order valence-corrected chi connectivity index (χ3v) is 5.36. The van der Waals surface area contributed by atoms with Crippen LogP contribution in [0.5, 0.6) is 0 Å². The van der Waals surface area contributed by atoms with Crippen LogP contribution in [0.15, 0.2) is 11.7 Å². The maximum absolute atomic E-state index is 12.6. The predicted octanol–water partition coefficient (Wildman–Crippen LogP) is 1.45. The summed E-state index contributed by atoms with van der Waals surface area (Å²) in [5, 5.41) is 7.19. The highest BCUT2D eigenvalue weighted by Crippen LogP contribution is 2.28. The van der Waals surface area contributed by atoms with Gasteiger partial charge in [-0.3, -0.25) is 4.68 Å². The minimum absolute atomic E-state index is 0.0682. The molecule has 0 spiro atoms. The molecule has 1 fully saturated rings. The van der Waals surface area contributed by atoms with E-state index in [1.165, 1.54) is 11.3 Å². The lowest BCUT2D eigenvalue weighted by molar-refractivity contribution is 0.200. The first-order valence-corrected chi connectivity index (χ1v) is 9.50. The van der Waals surface area contributed by atoms with Crippen molar-refractivity contribution < 1.29 is 4.79 Å². The molecule has 0 saturated carbocycles. The second-order valence-electron chi connectivity index (χ2n) is 6.63. The monoisotopic (exact) mass is 387 g/mol. The Morgan fingerprint density at radius 3 is 2.89 bits per heavy atom. The minimum atomic E-state index is -0.126. The van der Waals surface area contributed by atoms with E-state index in [1.54, 1.807) is 21.3 Å². The average molecular weight is 387 g/mol. The van der Waals surface area contributed by atoms with Gasteiger partial charge in [-0.15, -0.1) is 11.3 Å². The number of fused-ring (bicyclic) bond motifs is 1. The van der Waals surface area contributed by atoms with E-state index in [0.29, 0.717) is 19.6 Å². The molecule has 4 heterocycles. The standard InChI is InChI=1S/C16H21N9OS/c1-9-6-24(16(26)19-11-7-23(3)22-10(11)2)4-5-25(9)13-12-14(27-8-18-12)21-15(17)20-13/h7-9H,4-6H2,1-3H3,(H,19,26)(H2,17,20,21). The number of hydrogen-bond acceptors (Lipinski definition) is 8. The number of carbonyl (C=O) groups is 1. The Morgan fingerprint density at radius 1 is 1.37 bits per heavy atom. The number of nitrogens with two attached hydrogens (primary N) is 1. The molecule has 3 aromatic rings. The molecule has 1 aliphatic heterocycles. The van der Waals surface area contributed by atoms with Crippen molar-refractivity contribution in [2.45, 2.75) is 19.9 Å². The summed E-state index contributed by atoms with van der Waals surface area (Å²) < 4.78 is 1.68. The molecule has 2 amide bonds. The van der Waals surface area contributed by atoms with Crippen molar-refractivity contribution in [3.8, 4) is 0 Å². The van der Waals surface area contributed by atoms with Crippen molar-refractivity contribution in [1.82, 2.24) is 29.6 Å². The van der Waals surface area contributed by atoms with Crippen LogP contribution in [0.25, 0.3) is 10.3 Å². The Morgan fingerprint density at radius 2 is 2.19 bits per heavy atom. The zero-order valence-electron chi connectivity index (χ0n) is 15.4. The maximum Gasteiger partial charge on any atom is 0.322 e. The third kappa shape index (κ3) is 3.25. The summed E-state index contributed by atoms with van der Waals surface area (Å²) in [7, 11) is 1.83. The van der Waals surface area contributed by atoms with E-state index in [9.17, 15) is 4.79 Å². The van der Waals surface area contributed by atoms with E-state index >= 15 is 0 Å². The quantitative estimate of drug-likeness (QED) is 0.683. The van der Waals surface area contributed by atoms with Gasteiger partial charge in [-0.05, 0) is 13.8 Å². The number of thiazole rings is 1. The fourth-order valence-corrected chi connectivity index (χ4v) is 4.00. The Bertz CT molecular complexity index is 997. The van der Waals surface area contributed by atoms with Crippen molar-refractivity contribution in [3.63, 3.8) is 0 Å². The van der Waals surface area contributed by atoms with Crippen molar-refractivity contribution in [3.05, 3.63) is 17.4 Å². The number of urea groups is 1. The highest BCUT2D eigenvalue weighted by atomic mass is 32.1. The molecule has 1 unspecified atom stereocenters. The van der Waals surface area contributed by atoms with Crippen LogP contribution in [0.4, 0.5) is 22.2 Å². The van der Waals surface area contributed by atoms with Gasteiger partial charge in [0, 0.05) is 38.9 Å². The van der Waals surface area contributed by atoms with Gasteiger partial charge >= 0.3 is 6.03 Å². The number of anilines is 3. The molecule has 0 aliphatic carbocycles. The lowest BCUT2D eigenvalue weighted by Crippen LogP contribution is -2.55. The van der Waals surface area contributed by atoms with Crippen LogP contribution in [0.3, 0.4) is 0 Å². The first-order valence-electron chi connectivity index (χ1n) is 8.62. The fraction of sp³-hybridized carbons (Fsp3) is 0.438. The molecule has 3 N–H and O–H groups in total. The Balaban J connectivity index is 1.50. The SMILES string of the molecule is Cc1nn(C)cc1NC(=O)N1CCN(c2nc(N)nc3scnc23)C(C)C1. The van der Waals surface area contributed by atoms with Crippen LogP contribution in [-0.4, -0.2) is 61.3 Å². The van der Waals surface area contributed by atoms with E-state index in [4.69, 9.17) is 5.73 Å². The van der Waals surface area contributed by atoms with Crippen LogP contribution in [0.1, 0.15) is 12.6 Å². The van der Waals surface area contributed by atoms with Crippen LogP contribution < -0.4 is 16.0 Å². The van der Waals surface area contributed by atoms with E-state index in [1.807, 2.05) is 14.0 Å². The number of amides is 2. The highest BCUT2D eigenvalue weighted by Gasteiger charge is 2.30. The van der Waals surface area contributed by atoms with Crippen molar-refractivity contribution in [2.75, 3.05) is 35.6 Å². The summed E-state index contributed by atoms with van der Waals surface area (Å²) in [6.07, 6.45) is 1.80. The van der Waals surface area contributed by atoms with Crippen LogP contribution in [0.2, 0.25) is 0 Å². The molecule has 0 bridgehead atoms. The number of rotatable bonds is 2. The lowest BCUT2D eigenvalue weighted by Gasteiger charge is -2.40. The summed E-state index contributed by atoms with van der Waals surface area (Å²) >= 11 is 1.44. The van der Waals surface area contributed by atoms with Gasteiger partial charge in [-0.25, -0.2) is 14.8 Å². The minimum Gasteiger partial charge on any atom is -0.368 e. The largest absolute Gasteiger partial charge is 0.368 e. The van der Waals surface area contributed by atoms with Crippen LogP contribution in [0, 0.1) is 6.92 Å². The van der Waals surface area contributed by atoms with Crippen LogP contribution >= 0.6 is 11.3 Å². The second kappa shape index (κ2) is 6.65. The fourth-order valence-electron chi connectivity index (χ4n) is 3.34. The second-order valence-corrected chi connectivity index (χ2v) is 7.47. The summed E-state index contributed by atoms with van der Waals surface area (Å²) in [6, 6.07) is -0.0581. The van der Waals surface area contributed by atoms with Crippen molar-refractivity contribution in [1.29, 1.82) is 0 Å². The van der Waals surface area contributed by atoms with Gasteiger partial charge in [0.15, 0.2) is 10.6 Å². The number of hydrogen-bond donors (Lipinski definition) is 2. The van der Waals surface area contributed by atoms with Crippen molar-refractivity contribution in [2.24, 2.45) is 7.05 Å². The molecule has 1 saturated heterocycles. The topological polar surface area (TPSA) is 118 Å². The molecule has 142 valence electrons. The van der Waals surface area contributed by atoms with Gasteiger partial charge in [0.25, 0.3) is 0 Å². The molecule has 1 atom stereocenters. The van der Waals surface area contributed by atoms with Gasteiger partial charge in [-0.1, -0.05) is 0 Å². The summed E-state index contributed by atoms with van der Waals surface area (Å²) in [6.45, 7) is 5.72. The molecule has 3 aromatic heterocycles. The van der Waals surface area contributed by atoms with E-state index in [-0.39, 0.29) is 18.0 Å². The predicted molar refractivity (Wildman–Crippen MR) is 105 cm³/mol. The van der Waals surface area contributed by atoms with Crippen molar-refractivity contribution >= 4 is 45.2 Å². The molecule has 0 aromatic carbocycles. The Hall–Kier alpha value is -2.95. The smallest absolute Gasteiger partial charge is 0.322 e. The molecular weight excluding hydrogens is 366 g/mol. The highest BCUT2D eigenvalue weighted by molar-refractivity contribution is 7.16. The van der Waals surface area contributed by atoms with Gasteiger partial charge < -0.3 is 20.9 Å². The number of aromatic nitrogens is 5. The molecule has 10 nitrogen and oxygen atoms in total. The van der Waals surface area contributed by atoms with E-state index in [0.717, 1.165) is 27.5 Å². The number of nitrogens with one attached hydrogen (secondary N) is 1. The number of aryl methyl sites for hydroxylation is 2. The number of piperazine rings is 1. The molecule has 1 aliphatic rings. The Labute approximate surface area is 160 Å². The van der Waals surface area contributed by atoms with Gasteiger partial charge in [0.05, 0.1) is 16.9 Å². The number of nitrogens with zero attached hydrogens (tertiary/aromatic N) is 7. The first kappa shape index (κ1) is 17.5. The molecule has 27 heavy (non-hydrogen) atoms. The van der Waals surface area contributed by atoms with E-state index in [2.05, 4.69) is 37.2 Å². The maximum atomic E-state index is 12.6. The van der Waals surface area contributed by atoms with Crippen LogP contribution in [-0.2, 0) is 7.05 Å². The Kier molecular flexibility index (Phi) is 4.30. The molecule has 4 rings (SSSR count). The van der Waals surface area contributed by atoms with E-state index < -0.39 is 0 Å². The zero-order chi connectivity index (χ0) is 19.1. The first-order chi connectivity index (χ1) is 12.9. The average Bonchev–Trinajstić information content (AvgIpc) is 3.20. The summed E-state index contributed by atoms with van der Waals surface area (Å²) in [5.41, 5.74) is 9.88. The lowest BCUT2D eigenvalue weighted by atomic mass is 10.2. The third-order valence-electron chi connectivity index (χ3n) is 4.64. The summed E-state index contributed by atoms with van der Waals surface area (Å²) in [5.74, 6) is 0.968. The molecular formula is C16H21N9OS. The van der Waals surface area contributed by atoms with Gasteiger partial charge in [-0.2, -0.15) is 10.1 Å². The molecule has 11 heteroatoms. The zero-order valence-corrected chi connectivity index (χ0v) is 16.2.